The van der Waals surface area contributed by atoms with Crippen LogP contribution in [-0.2, 0) is 11.2 Å². The van der Waals surface area contributed by atoms with Gasteiger partial charge in [-0.2, -0.15) is 0 Å². The molecule has 5 nitrogen and oxygen atoms in total. The third-order valence-electron chi connectivity index (χ3n) is 3.31. The third kappa shape index (κ3) is 1.97. The van der Waals surface area contributed by atoms with E-state index in [1.54, 1.807) is 4.90 Å². The number of imidazole rings is 1. The first kappa shape index (κ1) is 11.2. The van der Waals surface area contributed by atoms with E-state index in [-0.39, 0.29) is 18.4 Å². The monoisotopic (exact) mass is 245 g/mol. The lowest BCUT2D eigenvalue weighted by molar-refractivity contribution is -0.137. The maximum absolute atomic E-state index is 11.9. The van der Waals surface area contributed by atoms with E-state index in [0.717, 1.165) is 11.3 Å². The van der Waals surface area contributed by atoms with Crippen LogP contribution in [0.25, 0.3) is 5.65 Å². The van der Waals surface area contributed by atoms with E-state index in [9.17, 15) is 4.79 Å². The average molecular weight is 245 g/mol. The number of aliphatic hydroxyl groups excluding tert-OH is 1. The van der Waals surface area contributed by atoms with Gasteiger partial charge in [-0.25, -0.2) is 4.98 Å². The lowest BCUT2D eigenvalue weighted by atomic mass is 10.0. The minimum absolute atomic E-state index is 0.0862. The van der Waals surface area contributed by atoms with Crippen LogP contribution in [-0.4, -0.2) is 45.0 Å². The predicted molar refractivity (Wildman–Crippen MR) is 66.1 cm³/mol. The summed E-state index contributed by atoms with van der Waals surface area (Å²) in [4.78, 5) is 18.1. The van der Waals surface area contributed by atoms with Crippen molar-refractivity contribution in [3.8, 4) is 0 Å². The van der Waals surface area contributed by atoms with Crippen molar-refractivity contribution in [3.63, 3.8) is 0 Å². The minimum atomic E-state index is 0.0862. The molecule has 1 aliphatic rings. The Hall–Kier alpha value is -1.88. The zero-order chi connectivity index (χ0) is 12.5. The van der Waals surface area contributed by atoms with E-state index in [4.69, 9.17) is 5.11 Å². The number of carbonyl (C=O) groups is 1. The van der Waals surface area contributed by atoms with E-state index in [2.05, 4.69) is 4.98 Å². The number of carbonyl (C=O) groups excluding carboxylic acids is 1. The van der Waals surface area contributed by atoms with Crippen LogP contribution in [0.3, 0.4) is 0 Å². The Balaban J connectivity index is 1.67. The van der Waals surface area contributed by atoms with Crippen molar-refractivity contribution >= 4 is 11.6 Å². The van der Waals surface area contributed by atoms with E-state index >= 15 is 0 Å². The molecule has 3 heterocycles. The molecule has 5 heteroatoms. The number of hydrogen-bond donors (Lipinski definition) is 1. The summed E-state index contributed by atoms with van der Waals surface area (Å²) >= 11 is 0. The van der Waals surface area contributed by atoms with E-state index < -0.39 is 0 Å². The number of rotatable bonds is 3. The topological polar surface area (TPSA) is 57.8 Å². The Morgan fingerprint density at radius 3 is 3.00 bits per heavy atom. The Kier molecular flexibility index (Phi) is 2.76. The number of amides is 1. The van der Waals surface area contributed by atoms with Crippen LogP contribution in [0.4, 0.5) is 0 Å². The highest BCUT2D eigenvalue weighted by Crippen LogP contribution is 2.16. The number of pyridine rings is 1. The van der Waals surface area contributed by atoms with E-state index in [0.29, 0.717) is 19.5 Å². The first-order chi connectivity index (χ1) is 8.76. The maximum atomic E-state index is 11.9. The highest BCUT2D eigenvalue weighted by atomic mass is 16.3. The quantitative estimate of drug-likeness (QED) is 0.847. The number of fused-ring (bicyclic) bond motifs is 1. The number of aliphatic hydroxyl groups is 1. The van der Waals surface area contributed by atoms with Crippen molar-refractivity contribution in [2.45, 2.75) is 6.42 Å². The molecule has 1 fully saturated rings. The molecule has 1 amide bonds. The van der Waals surface area contributed by atoms with Gasteiger partial charge in [0.15, 0.2) is 0 Å². The van der Waals surface area contributed by atoms with Crippen molar-refractivity contribution in [3.05, 3.63) is 36.3 Å². The Labute approximate surface area is 105 Å². The van der Waals surface area contributed by atoms with Crippen LogP contribution in [0.2, 0.25) is 0 Å². The van der Waals surface area contributed by atoms with Crippen molar-refractivity contribution in [2.75, 3.05) is 19.7 Å². The summed E-state index contributed by atoms with van der Waals surface area (Å²) in [5.74, 6) is 0.345. The number of hydrogen-bond acceptors (Lipinski definition) is 3. The fourth-order valence-electron chi connectivity index (χ4n) is 2.23. The third-order valence-corrected chi connectivity index (χ3v) is 3.31. The summed E-state index contributed by atoms with van der Waals surface area (Å²) in [5, 5.41) is 8.92. The molecule has 18 heavy (non-hydrogen) atoms. The SMILES string of the molecule is O=C(Cc1cn2ccccc2n1)N1CC(CO)C1. The normalized spacial score (nSPS) is 15.9. The van der Waals surface area contributed by atoms with Gasteiger partial charge in [-0.05, 0) is 12.1 Å². The summed E-state index contributed by atoms with van der Waals surface area (Å²) in [6, 6.07) is 5.77. The molecule has 0 saturated carbocycles. The molecule has 0 radical (unpaired) electrons. The number of aromatic nitrogens is 2. The fourth-order valence-corrected chi connectivity index (χ4v) is 2.23. The van der Waals surface area contributed by atoms with Crippen LogP contribution >= 0.6 is 0 Å². The first-order valence-electron chi connectivity index (χ1n) is 6.07. The molecule has 0 spiro atoms. The van der Waals surface area contributed by atoms with E-state index in [1.165, 1.54) is 0 Å². The van der Waals surface area contributed by atoms with Crippen LogP contribution in [0.15, 0.2) is 30.6 Å². The maximum Gasteiger partial charge on any atom is 0.228 e. The zero-order valence-corrected chi connectivity index (χ0v) is 9.99. The van der Waals surface area contributed by atoms with Gasteiger partial charge in [-0.3, -0.25) is 4.79 Å². The molecule has 0 aromatic carbocycles. The molecular formula is C13H15N3O2. The summed E-state index contributed by atoms with van der Waals surface area (Å²) in [7, 11) is 0. The van der Waals surface area contributed by atoms with Gasteiger partial charge in [-0.1, -0.05) is 6.07 Å². The van der Waals surface area contributed by atoms with Gasteiger partial charge in [0.05, 0.1) is 12.1 Å². The summed E-state index contributed by atoms with van der Waals surface area (Å²) < 4.78 is 1.91. The molecule has 3 rings (SSSR count). The van der Waals surface area contributed by atoms with Crippen LogP contribution in [0, 0.1) is 5.92 Å². The highest BCUT2D eigenvalue weighted by molar-refractivity contribution is 5.79. The second kappa shape index (κ2) is 4.42. The molecule has 2 aromatic heterocycles. The fraction of sp³-hybridized carbons (Fsp3) is 0.385. The smallest absolute Gasteiger partial charge is 0.228 e. The molecular weight excluding hydrogens is 230 g/mol. The molecule has 0 bridgehead atoms. The zero-order valence-electron chi connectivity index (χ0n) is 9.99. The summed E-state index contributed by atoms with van der Waals surface area (Å²) in [6.07, 6.45) is 4.14. The van der Waals surface area contributed by atoms with Crippen LogP contribution in [0.1, 0.15) is 5.69 Å². The van der Waals surface area contributed by atoms with E-state index in [1.807, 2.05) is 35.0 Å². The molecule has 94 valence electrons. The molecule has 0 atom stereocenters. The largest absolute Gasteiger partial charge is 0.396 e. The lowest BCUT2D eigenvalue weighted by Gasteiger charge is -2.38. The first-order valence-corrected chi connectivity index (χ1v) is 6.07. The summed E-state index contributed by atoms with van der Waals surface area (Å²) in [6.45, 7) is 1.50. The van der Waals surface area contributed by atoms with Crippen molar-refractivity contribution in [1.82, 2.24) is 14.3 Å². The van der Waals surface area contributed by atoms with Crippen molar-refractivity contribution in [1.29, 1.82) is 0 Å². The second-order valence-corrected chi connectivity index (χ2v) is 4.72. The Morgan fingerprint density at radius 2 is 2.28 bits per heavy atom. The molecule has 2 aromatic rings. The average Bonchev–Trinajstić information content (AvgIpc) is 2.69. The van der Waals surface area contributed by atoms with Gasteiger partial charge < -0.3 is 14.4 Å². The highest BCUT2D eigenvalue weighted by Gasteiger charge is 2.29. The molecule has 0 unspecified atom stereocenters. The minimum Gasteiger partial charge on any atom is -0.396 e. The molecule has 1 saturated heterocycles. The molecule has 1 aliphatic heterocycles. The van der Waals surface area contributed by atoms with Gasteiger partial charge in [-0.15, -0.1) is 0 Å². The van der Waals surface area contributed by atoms with Crippen molar-refractivity contribution in [2.24, 2.45) is 5.92 Å². The standard InChI is InChI=1S/C13H15N3O2/c17-9-10-6-16(7-10)13(18)5-11-8-15-4-2-1-3-12(15)14-11/h1-4,8,10,17H,5-7,9H2. The van der Waals surface area contributed by atoms with Gasteiger partial charge in [0.2, 0.25) is 5.91 Å². The number of nitrogens with zero attached hydrogens (tertiary/aromatic N) is 3. The van der Waals surface area contributed by atoms with Gasteiger partial charge in [0, 0.05) is 38.0 Å². The van der Waals surface area contributed by atoms with Gasteiger partial charge in [0.25, 0.3) is 0 Å². The Morgan fingerprint density at radius 1 is 1.44 bits per heavy atom. The molecule has 0 aliphatic carbocycles. The lowest BCUT2D eigenvalue weighted by Crippen LogP contribution is -2.51. The van der Waals surface area contributed by atoms with Crippen LogP contribution in [0.5, 0.6) is 0 Å². The van der Waals surface area contributed by atoms with Crippen molar-refractivity contribution < 1.29 is 9.90 Å². The Bertz CT molecular complexity index is 539. The second-order valence-electron chi connectivity index (χ2n) is 4.72. The molecule has 1 N–H and O–H groups in total. The summed E-state index contributed by atoms with van der Waals surface area (Å²) in [5.41, 5.74) is 1.65. The number of likely N-dealkylation sites (tertiary alicyclic amines) is 1. The van der Waals surface area contributed by atoms with Gasteiger partial charge in [0.1, 0.15) is 5.65 Å². The van der Waals surface area contributed by atoms with Crippen LogP contribution < -0.4 is 0 Å². The van der Waals surface area contributed by atoms with Gasteiger partial charge >= 0.3 is 0 Å². The predicted octanol–water partition coefficient (Wildman–Crippen LogP) is 0.327.